The lowest BCUT2D eigenvalue weighted by Gasteiger charge is -2.03. The molecule has 0 aliphatic heterocycles. The standard InChI is InChI=1S/C16H16ClN5O/c17-13-5-3-12(4-6-13)14-11-15(21-20-14)16(23)18-7-1-9-22-10-2-8-19-22/h2-6,8,10-11H,1,7,9H2,(H,18,23)(H,20,21). The first-order valence-electron chi connectivity index (χ1n) is 7.29. The van der Waals surface area contributed by atoms with E-state index in [2.05, 4.69) is 20.6 Å². The summed E-state index contributed by atoms with van der Waals surface area (Å²) < 4.78 is 1.83. The Bertz CT molecular complexity index is 764. The van der Waals surface area contributed by atoms with Crippen molar-refractivity contribution in [2.24, 2.45) is 0 Å². The second-order valence-corrected chi connectivity index (χ2v) is 5.49. The SMILES string of the molecule is O=C(NCCCn1cccn1)c1cc(-c2ccc(Cl)cc2)n[nH]1. The summed E-state index contributed by atoms with van der Waals surface area (Å²) >= 11 is 5.86. The van der Waals surface area contributed by atoms with Gasteiger partial charge in [0.05, 0.1) is 5.69 Å². The van der Waals surface area contributed by atoms with E-state index in [1.165, 1.54) is 0 Å². The van der Waals surface area contributed by atoms with Crippen LogP contribution in [0.2, 0.25) is 5.02 Å². The van der Waals surface area contributed by atoms with Gasteiger partial charge in [0.2, 0.25) is 0 Å². The highest BCUT2D eigenvalue weighted by Gasteiger charge is 2.10. The summed E-state index contributed by atoms with van der Waals surface area (Å²) in [5.74, 6) is -0.168. The Labute approximate surface area is 138 Å². The third kappa shape index (κ3) is 3.98. The van der Waals surface area contributed by atoms with E-state index in [0.29, 0.717) is 23.0 Å². The first-order valence-corrected chi connectivity index (χ1v) is 7.67. The third-order valence-electron chi connectivity index (χ3n) is 3.37. The minimum Gasteiger partial charge on any atom is -0.351 e. The molecule has 0 saturated carbocycles. The highest BCUT2D eigenvalue weighted by atomic mass is 35.5. The molecule has 0 aliphatic rings. The predicted octanol–water partition coefficient (Wildman–Crippen LogP) is 2.75. The van der Waals surface area contributed by atoms with Crippen molar-refractivity contribution in [3.8, 4) is 11.3 Å². The molecule has 0 unspecified atom stereocenters. The number of aromatic nitrogens is 4. The zero-order valence-electron chi connectivity index (χ0n) is 12.4. The van der Waals surface area contributed by atoms with Crippen molar-refractivity contribution < 1.29 is 4.79 Å². The topological polar surface area (TPSA) is 75.6 Å². The number of halogens is 1. The monoisotopic (exact) mass is 329 g/mol. The number of hydrogen-bond donors (Lipinski definition) is 2. The van der Waals surface area contributed by atoms with Crippen molar-refractivity contribution in [3.63, 3.8) is 0 Å². The van der Waals surface area contributed by atoms with Gasteiger partial charge in [0.25, 0.3) is 5.91 Å². The van der Waals surface area contributed by atoms with Crippen LogP contribution < -0.4 is 5.32 Å². The van der Waals surface area contributed by atoms with Crippen LogP contribution in [-0.4, -0.2) is 32.4 Å². The summed E-state index contributed by atoms with van der Waals surface area (Å²) in [5, 5.41) is 14.6. The summed E-state index contributed by atoms with van der Waals surface area (Å²) in [4.78, 5) is 12.1. The Morgan fingerprint density at radius 3 is 2.87 bits per heavy atom. The molecule has 0 radical (unpaired) electrons. The molecule has 1 amide bonds. The van der Waals surface area contributed by atoms with Gasteiger partial charge in [-0.05, 0) is 30.7 Å². The van der Waals surface area contributed by atoms with E-state index >= 15 is 0 Å². The lowest BCUT2D eigenvalue weighted by molar-refractivity contribution is 0.0947. The van der Waals surface area contributed by atoms with Crippen molar-refractivity contribution in [3.05, 3.63) is 59.5 Å². The second kappa shape index (κ2) is 7.11. The molecular weight excluding hydrogens is 314 g/mol. The molecule has 0 fully saturated rings. The molecule has 2 aromatic heterocycles. The lowest BCUT2D eigenvalue weighted by atomic mass is 10.1. The van der Waals surface area contributed by atoms with Gasteiger partial charge in [-0.25, -0.2) is 0 Å². The van der Waals surface area contributed by atoms with Gasteiger partial charge in [-0.3, -0.25) is 14.6 Å². The van der Waals surface area contributed by atoms with E-state index in [-0.39, 0.29) is 5.91 Å². The molecule has 2 heterocycles. The molecule has 6 nitrogen and oxygen atoms in total. The van der Waals surface area contributed by atoms with Crippen molar-refractivity contribution in [2.45, 2.75) is 13.0 Å². The molecule has 0 saturated heterocycles. The molecule has 0 atom stereocenters. The summed E-state index contributed by atoms with van der Waals surface area (Å²) in [6, 6.07) is 10.9. The van der Waals surface area contributed by atoms with Gasteiger partial charge >= 0.3 is 0 Å². The van der Waals surface area contributed by atoms with E-state index < -0.39 is 0 Å². The highest BCUT2D eigenvalue weighted by Crippen LogP contribution is 2.20. The van der Waals surface area contributed by atoms with Crippen LogP contribution in [0.15, 0.2) is 48.8 Å². The van der Waals surface area contributed by atoms with Gasteiger partial charge in [-0.15, -0.1) is 0 Å². The van der Waals surface area contributed by atoms with Crippen LogP contribution in [0.1, 0.15) is 16.9 Å². The number of nitrogens with one attached hydrogen (secondary N) is 2. The van der Waals surface area contributed by atoms with Crippen molar-refractivity contribution in [1.82, 2.24) is 25.3 Å². The smallest absolute Gasteiger partial charge is 0.269 e. The number of carbonyl (C=O) groups excluding carboxylic acids is 1. The van der Waals surface area contributed by atoms with E-state index in [0.717, 1.165) is 18.5 Å². The number of rotatable bonds is 6. The van der Waals surface area contributed by atoms with Gasteiger partial charge in [0, 0.05) is 36.1 Å². The molecule has 0 aliphatic carbocycles. The van der Waals surface area contributed by atoms with Gasteiger partial charge in [-0.1, -0.05) is 23.7 Å². The number of carbonyl (C=O) groups is 1. The maximum Gasteiger partial charge on any atom is 0.269 e. The second-order valence-electron chi connectivity index (χ2n) is 5.05. The van der Waals surface area contributed by atoms with E-state index in [9.17, 15) is 4.79 Å². The summed E-state index contributed by atoms with van der Waals surface area (Å²) in [6.07, 6.45) is 4.45. The van der Waals surface area contributed by atoms with Crippen LogP contribution in [0.5, 0.6) is 0 Å². The van der Waals surface area contributed by atoms with Crippen LogP contribution in [0.4, 0.5) is 0 Å². The predicted molar refractivity (Wildman–Crippen MR) is 88.2 cm³/mol. The summed E-state index contributed by atoms with van der Waals surface area (Å²) in [6.45, 7) is 1.35. The number of nitrogens with zero attached hydrogens (tertiary/aromatic N) is 3. The first kappa shape index (κ1) is 15.3. The zero-order valence-corrected chi connectivity index (χ0v) is 13.1. The van der Waals surface area contributed by atoms with Crippen LogP contribution in [-0.2, 0) is 6.54 Å². The molecule has 7 heteroatoms. The van der Waals surface area contributed by atoms with Crippen molar-refractivity contribution in [1.29, 1.82) is 0 Å². The van der Waals surface area contributed by atoms with Crippen LogP contribution in [0, 0.1) is 0 Å². The van der Waals surface area contributed by atoms with Gasteiger partial charge < -0.3 is 5.32 Å². The van der Waals surface area contributed by atoms with Crippen molar-refractivity contribution in [2.75, 3.05) is 6.54 Å². The van der Waals surface area contributed by atoms with E-state index in [1.807, 2.05) is 29.1 Å². The lowest BCUT2D eigenvalue weighted by Crippen LogP contribution is -2.25. The maximum atomic E-state index is 12.1. The zero-order chi connectivity index (χ0) is 16.1. The Kier molecular flexibility index (Phi) is 4.73. The Hall–Kier alpha value is -2.60. The Morgan fingerprint density at radius 2 is 2.13 bits per heavy atom. The summed E-state index contributed by atoms with van der Waals surface area (Å²) in [7, 11) is 0. The number of aryl methyl sites for hydroxylation is 1. The normalized spacial score (nSPS) is 10.7. The van der Waals surface area contributed by atoms with E-state index in [1.54, 1.807) is 24.4 Å². The van der Waals surface area contributed by atoms with Crippen LogP contribution in [0.3, 0.4) is 0 Å². The maximum absolute atomic E-state index is 12.1. The van der Waals surface area contributed by atoms with Crippen molar-refractivity contribution >= 4 is 17.5 Å². The van der Waals surface area contributed by atoms with Gasteiger partial charge in [0.15, 0.2) is 0 Å². The molecular formula is C16H16ClN5O. The van der Waals surface area contributed by atoms with Gasteiger partial charge in [0.1, 0.15) is 5.69 Å². The molecule has 0 bridgehead atoms. The molecule has 1 aromatic carbocycles. The minimum absolute atomic E-state index is 0.168. The minimum atomic E-state index is -0.168. The fourth-order valence-corrected chi connectivity index (χ4v) is 2.30. The quantitative estimate of drug-likeness (QED) is 0.683. The number of H-pyrrole nitrogens is 1. The fourth-order valence-electron chi connectivity index (χ4n) is 2.18. The third-order valence-corrected chi connectivity index (χ3v) is 3.62. The average Bonchev–Trinajstić information content (AvgIpc) is 3.24. The van der Waals surface area contributed by atoms with Crippen LogP contribution in [0.25, 0.3) is 11.3 Å². The molecule has 3 aromatic rings. The molecule has 0 spiro atoms. The molecule has 2 N–H and O–H groups in total. The number of amides is 1. The van der Waals surface area contributed by atoms with Crippen LogP contribution >= 0.6 is 11.6 Å². The Morgan fingerprint density at radius 1 is 1.30 bits per heavy atom. The summed E-state index contributed by atoms with van der Waals surface area (Å²) in [5.41, 5.74) is 2.06. The van der Waals surface area contributed by atoms with Gasteiger partial charge in [-0.2, -0.15) is 10.2 Å². The highest BCUT2D eigenvalue weighted by molar-refractivity contribution is 6.30. The number of aromatic amines is 1. The molecule has 3 rings (SSSR count). The molecule has 118 valence electrons. The number of benzene rings is 1. The first-order chi connectivity index (χ1) is 11.2. The number of hydrogen-bond acceptors (Lipinski definition) is 3. The Balaban J connectivity index is 1.52. The molecule has 23 heavy (non-hydrogen) atoms. The van der Waals surface area contributed by atoms with E-state index in [4.69, 9.17) is 11.6 Å². The average molecular weight is 330 g/mol. The fraction of sp³-hybridized carbons (Fsp3) is 0.188. The largest absolute Gasteiger partial charge is 0.351 e.